The Morgan fingerprint density at radius 3 is 2.77 bits per heavy atom. The summed E-state index contributed by atoms with van der Waals surface area (Å²) in [6, 6.07) is 3.62. The summed E-state index contributed by atoms with van der Waals surface area (Å²) >= 11 is 1.55. The largest absolute Gasteiger partial charge is 0.326 e. The van der Waals surface area contributed by atoms with Crippen molar-refractivity contribution in [2.24, 2.45) is 5.92 Å². The molecule has 1 saturated carbocycles. The summed E-state index contributed by atoms with van der Waals surface area (Å²) in [5, 5.41) is -0.309. The molecule has 3 rings (SSSR count). The molecule has 1 atom stereocenters. The molecule has 0 spiro atoms. The normalized spacial score (nSPS) is 22.5. The monoisotopic (exact) mass is 325 g/mol. The van der Waals surface area contributed by atoms with Gasteiger partial charge < -0.3 is 4.90 Å². The Morgan fingerprint density at radius 1 is 1.27 bits per heavy atom. The maximum atomic E-state index is 14.0. The standard InChI is InChI=1S/C17H21F2NOS/c18-13-6-7-14(15(19)11-13)17-20(9-10-22-17)16(21)8-5-12-3-1-2-4-12/h6-7,11-12,17H,1-5,8-10H2. The Hall–Kier alpha value is -1.10. The summed E-state index contributed by atoms with van der Waals surface area (Å²) in [6.45, 7) is 0.648. The third kappa shape index (κ3) is 3.45. The van der Waals surface area contributed by atoms with Gasteiger partial charge in [-0.3, -0.25) is 4.79 Å². The molecule has 2 aliphatic rings. The third-order valence-electron chi connectivity index (χ3n) is 4.68. The number of halogens is 2. The quantitative estimate of drug-likeness (QED) is 0.812. The van der Waals surface area contributed by atoms with Gasteiger partial charge in [0, 0.05) is 30.3 Å². The molecule has 1 unspecified atom stereocenters. The van der Waals surface area contributed by atoms with Crippen LogP contribution >= 0.6 is 11.8 Å². The van der Waals surface area contributed by atoms with E-state index in [0.29, 0.717) is 24.4 Å². The average Bonchev–Trinajstić information content (AvgIpc) is 3.16. The second kappa shape index (κ2) is 6.99. The Morgan fingerprint density at radius 2 is 2.05 bits per heavy atom. The van der Waals surface area contributed by atoms with E-state index >= 15 is 0 Å². The molecule has 0 N–H and O–H groups in total. The van der Waals surface area contributed by atoms with Crippen LogP contribution < -0.4 is 0 Å². The molecule has 1 amide bonds. The average molecular weight is 325 g/mol. The number of hydrogen-bond acceptors (Lipinski definition) is 2. The van der Waals surface area contributed by atoms with E-state index in [-0.39, 0.29) is 11.3 Å². The van der Waals surface area contributed by atoms with Crippen LogP contribution in [-0.4, -0.2) is 23.1 Å². The molecule has 2 fully saturated rings. The maximum Gasteiger partial charge on any atom is 0.223 e. The number of nitrogens with zero attached hydrogens (tertiary/aromatic N) is 1. The second-order valence-corrected chi connectivity index (χ2v) is 7.35. The van der Waals surface area contributed by atoms with Gasteiger partial charge in [0.2, 0.25) is 5.91 Å². The number of carbonyl (C=O) groups excluding carboxylic acids is 1. The molecule has 2 nitrogen and oxygen atoms in total. The van der Waals surface area contributed by atoms with Gasteiger partial charge in [-0.25, -0.2) is 8.78 Å². The second-order valence-electron chi connectivity index (χ2n) is 6.17. The first kappa shape index (κ1) is 15.8. The van der Waals surface area contributed by atoms with Crippen LogP contribution in [0.25, 0.3) is 0 Å². The zero-order valence-electron chi connectivity index (χ0n) is 12.6. The van der Waals surface area contributed by atoms with Gasteiger partial charge in [-0.15, -0.1) is 11.8 Å². The summed E-state index contributed by atoms with van der Waals surface area (Å²) in [6.07, 6.45) is 6.52. The summed E-state index contributed by atoms with van der Waals surface area (Å²) in [5.74, 6) is 0.443. The van der Waals surface area contributed by atoms with Crippen molar-refractivity contribution < 1.29 is 13.6 Å². The molecule has 1 aliphatic heterocycles. The Balaban J connectivity index is 1.65. The summed E-state index contributed by atoms with van der Waals surface area (Å²) in [7, 11) is 0. The number of thioether (sulfide) groups is 1. The lowest BCUT2D eigenvalue weighted by Gasteiger charge is -2.25. The van der Waals surface area contributed by atoms with E-state index in [9.17, 15) is 13.6 Å². The maximum absolute atomic E-state index is 14.0. The first-order chi connectivity index (χ1) is 10.6. The van der Waals surface area contributed by atoms with Gasteiger partial charge in [0.25, 0.3) is 0 Å². The van der Waals surface area contributed by atoms with Crippen molar-refractivity contribution >= 4 is 17.7 Å². The first-order valence-corrected chi connectivity index (χ1v) is 9.06. The SMILES string of the molecule is O=C(CCC1CCCC1)N1CCSC1c1ccc(F)cc1F. The number of rotatable bonds is 4. The van der Waals surface area contributed by atoms with Crippen molar-refractivity contribution in [2.45, 2.75) is 43.9 Å². The molecular weight excluding hydrogens is 304 g/mol. The Labute approximate surface area is 134 Å². The molecule has 0 aromatic heterocycles. The highest BCUT2D eigenvalue weighted by Crippen LogP contribution is 2.40. The van der Waals surface area contributed by atoms with E-state index in [1.165, 1.54) is 37.8 Å². The molecule has 1 heterocycles. The zero-order valence-corrected chi connectivity index (χ0v) is 13.4. The van der Waals surface area contributed by atoms with Crippen LogP contribution in [0.3, 0.4) is 0 Å². The van der Waals surface area contributed by atoms with Crippen LogP contribution in [-0.2, 0) is 4.79 Å². The van der Waals surface area contributed by atoms with Crippen molar-refractivity contribution in [3.05, 3.63) is 35.4 Å². The minimum absolute atomic E-state index is 0.102. The molecule has 120 valence electrons. The van der Waals surface area contributed by atoms with Crippen LogP contribution in [0.4, 0.5) is 8.78 Å². The molecule has 22 heavy (non-hydrogen) atoms. The van der Waals surface area contributed by atoms with Gasteiger partial charge >= 0.3 is 0 Å². The van der Waals surface area contributed by atoms with E-state index in [2.05, 4.69) is 0 Å². The van der Waals surface area contributed by atoms with Gasteiger partial charge in [-0.2, -0.15) is 0 Å². The number of hydrogen-bond donors (Lipinski definition) is 0. The minimum atomic E-state index is -0.580. The lowest BCUT2D eigenvalue weighted by atomic mass is 10.0. The van der Waals surface area contributed by atoms with Gasteiger partial charge in [-0.1, -0.05) is 31.7 Å². The highest BCUT2D eigenvalue weighted by atomic mass is 32.2. The van der Waals surface area contributed by atoms with Crippen LogP contribution in [0, 0.1) is 17.6 Å². The highest BCUT2D eigenvalue weighted by Gasteiger charge is 2.32. The van der Waals surface area contributed by atoms with Crippen LogP contribution in [0.5, 0.6) is 0 Å². The molecule has 1 aromatic rings. The fourth-order valence-corrected chi connectivity index (χ4v) is 4.75. The van der Waals surface area contributed by atoms with Crippen molar-refractivity contribution in [2.75, 3.05) is 12.3 Å². The van der Waals surface area contributed by atoms with Crippen molar-refractivity contribution in [3.8, 4) is 0 Å². The Kier molecular flexibility index (Phi) is 5.01. The van der Waals surface area contributed by atoms with E-state index in [0.717, 1.165) is 18.2 Å². The lowest BCUT2D eigenvalue weighted by molar-refractivity contribution is -0.131. The Bertz CT molecular complexity index is 545. The molecular formula is C17H21F2NOS. The van der Waals surface area contributed by atoms with Gasteiger partial charge in [0.15, 0.2) is 0 Å². The number of amides is 1. The van der Waals surface area contributed by atoms with Crippen LogP contribution in [0.1, 0.15) is 49.5 Å². The van der Waals surface area contributed by atoms with Crippen LogP contribution in [0.2, 0.25) is 0 Å². The minimum Gasteiger partial charge on any atom is -0.326 e. The van der Waals surface area contributed by atoms with Crippen LogP contribution in [0.15, 0.2) is 18.2 Å². The topological polar surface area (TPSA) is 20.3 Å². The fourth-order valence-electron chi connectivity index (χ4n) is 3.46. The van der Waals surface area contributed by atoms with Gasteiger partial charge in [0.05, 0.1) is 0 Å². The van der Waals surface area contributed by atoms with Gasteiger partial charge in [-0.05, 0) is 18.4 Å². The summed E-state index contributed by atoms with van der Waals surface area (Å²) in [5.41, 5.74) is 0.415. The van der Waals surface area contributed by atoms with Crippen molar-refractivity contribution in [1.29, 1.82) is 0 Å². The van der Waals surface area contributed by atoms with E-state index in [4.69, 9.17) is 0 Å². The van der Waals surface area contributed by atoms with E-state index in [1.807, 2.05) is 0 Å². The molecule has 0 bridgehead atoms. The summed E-state index contributed by atoms with van der Waals surface area (Å²) < 4.78 is 27.0. The first-order valence-electron chi connectivity index (χ1n) is 8.01. The smallest absolute Gasteiger partial charge is 0.223 e. The predicted octanol–water partition coefficient (Wildman–Crippen LogP) is 4.51. The zero-order chi connectivity index (χ0) is 15.5. The van der Waals surface area contributed by atoms with E-state index in [1.54, 1.807) is 16.7 Å². The molecule has 1 aromatic carbocycles. The van der Waals surface area contributed by atoms with Crippen molar-refractivity contribution in [1.82, 2.24) is 4.90 Å². The van der Waals surface area contributed by atoms with Gasteiger partial charge in [0.1, 0.15) is 17.0 Å². The summed E-state index contributed by atoms with van der Waals surface area (Å²) in [4.78, 5) is 14.2. The molecule has 1 saturated heterocycles. The highest BCUT2D eigenvalue weighted by molar-refractivity contribution is 7.99. The molecule has 1 aliphatic carbocycles. The van der Waals surface area contributed by atoms with E-state index < -0.39 is 11.6 Å². The lowest BCUT2D eigenvalue weighted by Crippen LogP contribution is -2.30. The van der Waals surface area contributed by atoms with Crippen molar-refractivity contribution in [3.63, 3.8) is 0 Å². The predicted molar refractivity (Wildman–Crippen MR) is 84.5 cm³/mol. The molecule has 5 heteroatoms. The molecule has 0 radical (unpaired) electrons. The number of benzene rings is 1. The number of carbonyl (C=O) groups is 1. The fraction of sp³-hybridized carbons (Fsp3) is 0.588. The third-order valence-corrected chi connectivity index (χ3v) is 5.92.